The van der Waals surface area contributed by atoms with Gasteiger partial charge in [-0.1, -0.05) is 0 Å². The van der Waals surface area contributed by atoms with Crippen LogP contribution in [0.3, 0.4) is 0 Å². The molecule has 3 heterocycles. The summed E-state index contributed by atoms with van der Waals surface area (Å²) in [6.07, 6.45) is -0.148. The van der Waals surface area contributed by atoms with Gasteiger partial charge in [0.15, 0.2) is 23.6 Å². The molecular weight excluding hydrogens is 489 g/mol. The average Bonchev–Trinajstić information content (AvgIpc) is 2.97. The SMILES string of the molecule is O=C(NCc1c(F)cc(F)cc1F)c1cn2c(c(O)c1=O)C(O)N1CCc3cc(F)c(F)cc3C2C1. The number of hydrogen-bond acceptors (Lipinski definition) is 5. The second-order valence-corrected chi connectivity index (χ2v) is 8.64. The summed E-state index contributed by atoms with van der Waals surface area (Å²) in [6.45, 7) is -0.409. The molecule has 0 saturated heterocycles. The molecule has 2 aromatic carbocycles. The molecule has 0 radical (unpaired) electrons. The van der Waals surface area contributed by atoms with E-state index in [0.29, 0.717) is 23.3 Å². The number of benzene rings is 2. The smallest absolute Gasteiger partial charge is 0.257 e. The molecule has 5 rings (SSSR count). The summed E-state index contributed by atoms with van der Waals surface area (Å²) in [5, 5.41) is 23.6. The molecule has 7 nitrogen and oxygen atoms in total. The van der Waals surface area contributed by atoms with Crippen molar-refractivity contribution < 1.29 is 37.0 Å². The molecule has 1 aromatic heterocycles. The highest BCUT2D eigenvalue weighted by molar-refractivity contribution is 5.94. The lowest BCUT2D eigenvalue weighted by molar-refractivity contribution is -0.0267. The molecular formula is C24H18F5N3O4. The van der Waals surface area contributed by atoms with Crippen molar-refractivity contribution in [3.05, 3.63) is 97.7 Å². The molecule has 2 aliphatic rings. The molecule has 3 aromatic rings. The topological polar surface area (TPSA) is 94.8 Å². The number of fused-ring (bicyclic) bond motifs is 6. The van der Waals surface area contributed by atoms with Crippen molar-refractivity contribution in [1.29, 1.82) is 0 Å². The van der Waals surface area contributed by atoms with Crippen LogP contribution >= 0.6 is 0 Å². The first kappa shape index (κ1) is 23.9. The molecule has 2 bridgehead atoms. The van der Waals surface area contributed by atoms with Gasteiger partial charge in [0, 0.05) is 43.5 Å². The molecule has 0 aliphatic carbocycles. The number of rotatable bonds is 3. The van der Waals surface area contributed by atoms with E-state index in [1.807, 2.05) is 0 Å². The lowest BCUT2D eigenvalue weighted by atomic mass is 9.97. The number of halogens is 5. The maximum Gasteiger partial charge on any atom is 0.257 e. The average molecular weight is 507 g/mol. The van der Waals surface area contributed by atoms with Gasteiger partial charge in [0.05, 0.1) is 6.04 Å². The predicted octanol–water partition coefficient (Wildman–Crippen LogP) is 2.63. The van der Waals surface area contributed by atoms with Gasteiger partial charge in [-0.05, 0) is 29.7 Å². The van der Waals surface area contributed by atoms with Crippen LogP contribution in [0.5, 0.6) is 5.75 Å². The number of nitrogens with one attached hydrogen (secondary N) is 1. The Bertz CT molecular complexity index is 1450. The number of pyridine rings is 1. The summed E-state index contributed by atoms with van der Waals surface area (Å²) in [5.41, 5.74) is -1.85. The fourth-order valence-electron chi connectivity index (χ4n) is 4.75. The number of aliphatic hydroxyl groups excluding tert-OH is 1. The Morgan fingerprint density at radius 2 is 1.69 bits per heavy atom. The van der Waals surface area contributed by atoms with E-state index >= 15 is 0 Å². The number of carbonyl (C=O) groups is 1. The van der Waals surface area contributed by atoms with Gasteiger partial charge in [0.25, 0.3) is 5.91 Å². The van der Waals surface area contributed by atoms with Crippen molar-refractivity contribution in [3.63, 3.8) is 0 Å². The van der Waals surface area contributed by atoms with Crippen LogP contribution in [0.4, 0.5) is 22.0 Å². The predicted molar refractivity (Wildman–Crippen MR) is 115 cm³/mol. The molecule has 2 aliphatic heterocycles. The van der Waals surface area contributed by atoms with Gasteiger partial charge in [-0.25, -0.2) is 22.0 Å². The molecule has 3 unspecified atom stereocenters. The van der Waals surface area contributed by atoms with Crippen LogP contribution in [0.2, 0.25) is 0 Å². The van der Waals surface area contributed by atoms with E-state index in [1.165, 1.54) is 9.47 Å². The number of aliphatic hydroxyl groups is 1. The minimum Gasteiger partial charge on any atom is -0.503 e. The Hall–Kier alpha value is -3.77. The van der Waals surface area contributed by atoms with Gasteiger partial charge >= 0.3 is 0 Å². The largest absolute Gasteiger partial charge is 0.503 e. The summed E-state index contributed by atoms with van der Waals surface area (Å²) in [7, 11) is 0. The number of nitrogens with zero attached hydrogens (tertiary/aromatic N) is 2. The second kappa shape index (κ2) is 8.71. The van der Waals surface area contributed by atoms with Crippen LogP contribution in [0.25, 0.3) is 0 Å². The van der Waals surface area contributed by atoms with Gasteiger partial charge in [-0.3, -0.25) is 14.5 Å². The minimum atomic E-state index is -1.45. The number of aromatic hydroxyl groups is 1. The minimum absolute atomic E-state index is 0.0988. The monoisotopic (exact) mass is 507 g/mol. The second-order valence-electron chi connectivity index (χ2n) is 8.64. The van der Waals surface area contributed by atoms with Gasteiger partial charge in [-0.15, -0.1) is 0 Å². The number of hydrogen-bond donors (Lipinski definition) is 3. The number of amides is 1. The molecule has 188 valence electrons. The first-order valence-electron chi connectivity index (χ1n) is 10.9. The highest BCUT2D eigenvalue weighted by Gasteiger charge is 2.39. The molecule has 0 saturated carbocycles. The van der Waals surface area contributed by atoms with Crippen molar-refractivity contribution in [1.82, 2.24) is 14.8 Å². The van der Waals surface area contributed by atoms with Crippen molar-refractivity contribution in [2.24, 2.45) is 0 Å². The van der Waals surface area contributed by atoms with E-state index in [1.54, 1.807) is 0 Å². The third-order valence-electron chi connectivity index (χ3n) is 6.57. The maximum absolute atomic E-state index is 14.1. The normalized spacial score (nSPS) is 20.3. The van der Waals surface area contributed by atoms with Crippen molar-refractivity contribution in [2.45, 2.75) is 25.2 Å². The summed E-state index contributed by atoms with van der Waals surface area (Å²) >= 11 is 0. The van der Waals surface area contributed by atoms with Crippen molar-refractivity contribution >= 4 is 5.91 Å². The number of carbonyl (C=O) groups excluding carboxylic acids is 1. The van der Waals surface area contributed by atoms with E-state index in [4.69, 9.17) is 0 Å². The fourth-order valence-corrected chi connectivity index (χ4v) is 4.75. The zero-order valence-corrected chi connectivity index (χ0v) is 18.4. The first-order valence-corrected chi connectivity index (χ1v) is 10.9. The van der Waals surface area contributed by atoms with E-state index in [0.717, 1.165) is 18.3 Å². The highest BCUT2D eigenvalue weighted by Crippen LogP contribution is 2.40. The van der Waals surface area contributed by atoms with Gasteiger partial charge in [0.2, 0.25) is 5.43 Å². The van der Waals surface area contributed by atoms with E-state index in [2.05, 4.69) is 5.32 Å². The Morgan fingerprint density at radius 1 is 1.03 bits per heavy atom. The third kappa shape index (κ3) is 3.82. The van der Waals surface area contributed by atoms with Crippen LogP contribution in [-0.4, -0.2) is 38.7 Å². The summed E-state index contributed by atoms with van der Waals surface area (Å²) in [5.74, 6) is -7.84. The van der Waals surface area contributed by atoms with E-state index < -0.39 is 76.1 Å². The lowest BCUT2D eigenvalue weighted by Gasteiger charge is -2.39. The Morgan fingerprint density at radius 3 is 2.39 bits per heavy atom. The van der Waals surface area contributed by atoms with Crippen LogP contribution in [0.1, 0.15) is 45.0 Å². The Balaban J connectivity index is 1.57. The van der Waals surface area contributed by atoms with Crippen LogP contribution in [0.15, 0.2) is 35.3 Å². The number of aromatic nitrogens is 1. The zero-order chi connectivity index (χ0) is 25.9. The Labute approximate surface area is 200 Å². The summed E-state index contributed by atoms with van der Waals surface area (Å²) in [4.78, 5) is 27.1. The molecule has 12 heteroatoms. The molecule has 1 amide bonds. The quantitative estimate of drug-likeness (QED) is 0.474. The van der Waals surface area contributed by atoms with Crippen LogP contribution in [-0.2, 0) is 13.0 Å². The fraction of sp³-hybridized carbons (Fsp3) is 0.250. The zero-order valence-electron chi connectivity index (χ0n) is 18.4. The van der Waals surface area contributed by atoms with Gasteiger partial charge in [-0.2, -0.15) is 0 Å². The molecule has 0 spiro atoms. The molecule has 3 N–H and O–H groups in total. The molecule has 3 atom stereocenters. The van der Waals surface area contributed by atoms with E-state index in [-0.39, 0.29) is 25.2 Å². The van der Waals surface area contributed by atoms with Crippen LogP contribution < -0.4 is 10.7 Å². The standard InChI is InChI=1S/C24H18F5N3O4/c25-11-4-15(26)13(16(27)5-11)7-30-23(35)14-8-32-19-9-31(24(36)20(32)22(34)21(14)33)2-1-10-3-17(28)18(29)6-12(10)19/h3-6,8,19,24,34,36H,1-2,7,9H2,(H,30,35). The lowest BCUT2D eigenvalue weighted by Crippen LogP contribution is -2.43. The summed E-state index contributed by atoms with van der Waals surface area (Å²) in [6, 6.07) is 2.10. The van der Waals surface area contributed by atoms with Crippen molar-refractivity contribution in [2.75, 3.05) is 13.1 Å². The first-order chi connectivity index (χ1) is 17.1. The molecule has 36 heavy (non-hydrogen) atoms. The summed E-state index contributed by atoms with van der Waals surface area (Å²) < 4.78 is 70.3. The van der Waals surface area contributed by atoms with Gasteiger partial charge < -0.3 is 20.1 Å². The highest BCUT2D eigenvalue weighted by atomic mass is 19.2. The third-order valence-corrected chi connectivity index (χ3v) is 6.57. The van der Waals surface area contributed by atoms with E-state index in [9.17, 15) is 41.8 Å². The maximum atomic E-state index is 14.1. The molecule has 0 fully saturated rings. The Kier molecular flexibility index (Phi) is 5.80. The van der Waals surface area contributed by atoms with Crippen LogP contribution in [0, 0.1) is 29.1 Å². The van der Waals surface area contributed by atoms with Crippen molar-refractivity contribution in [3.8, 4) is 5.75 Å². The van der Waals surface area contributed by atoms with Gasteiger partial charge in [0.1, 0.15) is 28.7 Å².